The Morgan fingerprint density at radius 3 is 2.80 bits per heavy atom. The molecule has 20 heavy (non-hydrogen) atoms. The molecular formula is C15H20FNO3. The fourth-order valence-corrected chi connectivity index (χ4v) is 2.19. The summed E-state index contributed by atoms with van der Waals surface area (Å²) in [5.74, 6) is -0.330. The van der Waals surface area contributed by atoms with Crippen LogP contribution in [0.4, 0.5) is 4.39 Å². The molecule has 1 unspecified atom stereocenters. The zero-order chi connectivity index (χ0) is 14.6. The molecule has 110 valence electrons. The first kappa shape index (κ1) is 14.9. The van der Waals surface area contributed by atoms with Gasteiger partial charge >= 0.3 is 5.97 Å². The van der Waals surface area contributed by atoms with Crippen molar-refractivity contribution in [1.29, 1.82) is 0 Å². The minimum absolute atomic E-state index is 0.00773. The second-order valence-electron chi connectivity index (χ2n) is 5.25. The van der Waals surface area contributed by atoms with E-state index in [2.05, 4.69) is 0 Å². The van der Waals surface area contributed by atoms with Crippen LogP contribution in [-0.4, -0.2) is 32.8 Å². The van der Waals surface area contributed by atoms with Crippen LogP contribution in [0.15, 0.2) is 24.3 Å². The minimum Gasteiger partial charge on any atom is -0.468 e. The van der Waals surface area contributed by atoms with Crippen LogP contribution in [0.5, 0.6) is 0 Å². The van der Waals surface area contributed by atoms with Gasteiger partial charge in [-0.2, -0.15) is 0 Å². The fourth-order valence-electron chi connectivity index (χ4n) is 2.19. The molecular weight excluding hydrogens is 261 g/mol. The summed E-state index contributed by atoms with van der Waals surface area (Å²) in [7, 11) is 1.30. The molecule has 0 spiro atoms. The molecule has 1 atom stereocenters. The van der Waals surface area contributed by atoms with E-state index in [-0.39, 0.29) is 13.2 Å². The van der Waals surface area contributed by atoms with Crippen molar-refractivity contribution < 1.29 is 18.7 Å². The van der Waals surface area contributed by atoms with E-state index < -0.39 is 17.2 Å². The molecule has 0 aliphatic heterocycles. The third-order valence-electron chi connectivity index (χ3n) is 3.70. The van der Waals surface area contributed by atoms with E-state index in [1.54, 1.807) is 12.1 Å². The predicted octanol–water partition coefficient (Wildman–Crippen LogP) is 1.62. The summed E-state index contributed by atoms with van der Waals surface area (Å²) >= 11 is 0. The Bertz CT molecular complexity index is 476. The first-order chi connectivity index (χ1) is 9.62. The number of halogens is 1. The third kappa shape index (κ3) is 3.16. The topological polar surface area (TPSA) is 61.5 Å². The van der Waals surface area contributed by atoms with Crippen molar-refractivity contribution in [3.05, 3.63) is 35.6 Å². The first-order valence-electron chi connectivity index (χ1n) is 6.74. The number of hydrogen-bond acceptors (Lipinski definition) is 4. The molecule has 2 N–H and O–H groups in total. The first-order valence-corrected chi connectivity index (χ1v) is 6.74. The second kappa shape index (κ2) is 6.33. The van der Waals surface area contributed by atoms with Gasteiger partial charge in [0.05, 0.1) is 13.7 Å². The van der Waals surface area contributed by atoms with Crippen LogP contribution in [-0.2, 0) is 19.7 Å². The van der Waals surface area contributed by atoms with Crippen LogP contribution in [0.25, 0.3) is 0 Å². The molecule has 0 bridgehead atoms. The number of carbonyl (C=O) groups excluding carboxylic acids is 1. The zero-order valence-electron chi connectivity index (χ0n) is 11.6. The van der Waals surface area contributed by atoms with Crippen LogP contribution < -0.4 is 5.73 Å². The third-order valence-corrected chi connectivity index (χ3v) is 3.70. The van der Waals surface area contributed by atoms with Crippen molar-refractivity contribution in [3.8, 4) is 0 Å². The lowest BCUT2D eigenvalue weighted by molar-refractivity contribution is -0.150. The van der Waals surface area contributed by atoms with Crippen LogP contribution in [0.3, 0.4) is 0 Å². The summed E-state index contributed by atoms with van der Waals surface area (Å²) in [6, 6.07) is 5.86. The summed E-state index contributed by atoms with van der Waals surface area (Å²) in [4.78, 5) is 12.2. The van der Waals surface area contributed by atoms with Crippen molar-refractivity contribution in [2.75, 3.05) is 26.9 Å². The predicted molar refractivity (Wildman–Crippen MR) is 72.7 cm³/mol. The molecule has 1 saturated carbocycles. The average molecular weight is 281 g/mol. The molecule has 2 rings (SSSR count). The van der Waals surface area contributed by atoms with Crippen molar-refractivity contribution in [3.63, 3.8) is 0 Å². The highest BCUT2D eigenvalue weighted by Crippen LogP contribution is 2.31. The Hall–Kier alpha value is -1.46. The number of rotatable bonds is 7. The van der Waals surface area contributed by atoms with E-state index >= 15 is 0 Å². The highest BCUT2D eigenvalue weighted by Gasteiger charge is 2.41. The lowest BCUT2D eigenvalue weighted by Crippen LogP contribution is -2.48. The minimum atomic E-state index is -1.15. The molecule has 1 aliphatic carbocycles. The molecule has 1 aromatic carbocycles. The van der Waals surface area contributed by atoms with Crippen molar-refractivity contribution in [2.24, 2.45) is 11.7 Å². The van der Waals surface area contributed by atoms with E-state index in [0.29, 0.717) is 18.1 Å². The number of benzene rings is 1. The standard InChI is InChI=1S/C15H20FNO3/c1-19-14(18)15(9-17,10-20-8-11-5-6-11)12-3-2-4-13(16)7-12/h2-4,7,11H,5-6,8-10,17H2,1H3. The van der Waals surface area contributed by atoms with Gasteiger partial charge in [-0.05, 0) is 36.5 Å². The largest absolute Gasteiger partial charge is 0.468 e. The summed E-state index contributed by atoms with van der Waals surface area (Å²) in [5.41, 5.74) is 5.14. The monoisotopic (exact) mass is 281 g/mol. The normalized spacial score (nSPS) is 17.6. The fraction of sp³-hybridized carbons (Fsp3) is 0.533. The number of nitrogens with two attached hydrogens (primary N) is 1. The molecule has 5 heteroatoms. The maximum absolute atomic E-state index is 13.4. The van der Waals surface area contributed by atoms with Crippen LogP contribution in [0, 0.1) is 11.7 Å². The number of ether oxygens (including phenoxy) is 2. The van der Waals surface area contributed by atoms with E-state index in [0.717, 1.165) is 12.8 Å². The van der Waals surface area contributed by atoms with Gasteiger partial charge in [0, 0.05) is 13.2 Å². The van der Waals surface area contributed by atoms with Crippen molar-refractivity contribution in [2.45, 2.75) is 18.3 Å². The van der Waals surface area contributed by atoms with Crippen molar-refractivity contribution in [1.82, 2.24) is 0 Å². The second-order valence-corrected chi connectivity index (χ2v) is 5.25. The SMILES string of the molecule is COC(=O)C(CN)(COCC1CC1)c1cccc(F)c1. The zero-order valence-corrected chi connectivity index (χ0v) is 11.6. The van der Waals surface area contributed by atoms with Gasteiger partial charge in [0.25, 0.3) is 0 Å². The van der Waals surface area contributed by atoms with Crippen LogP contribution in [0.1, 0.15) is 18.4 Å². The Morgan fingerprint density at radius 1 is 1.50 bits per heavy atom. The molecule has 0 radical (unpaired) electrons. The molecule has 0 aromatic heterocycles. The molecule has 0 saturated heterocycles. The van der Waals surface area contributed by atoms with Gasteiger partial charge in [-0.1, -0.05) is 12.1 Å². The number of carbonyl (C=O) groups is 1. The summed E-state index contributed by atoms with van der Waals surface area (Å²) < 4.78 is 23.9. The lowest BCUT2D eigenvalue weighted by Gasteiger charge is -2.30. The quantitative estimate of drug-likeness (QED) is 0.772. The maximum Gasteiger partial charge on any atom is 0.319 e. The summed E-state index contributed by atoms with van der Waals surface area (Å²) in [6.07, 6.45) is 2.32. The van der Waals surface area contributed by atoms with Gasteiger partial charge < -0.3 is 15.2 Å². The highest BCUT2D eigenvalue weighted by molar-refractivity contribution is 5.83. The van der Waals surface area contributed by atoms with Gasteiger partial charge in [0.1, 0.15) is 11.2 Å². The highest BCUT2D eigenvalue weighted by atomic mass is 19.1. The maximum atomic E-state index is 13.4. The number of esters is 1. The van der Waals surface area contributed by atoms with Gasteiger partial charge in [-0.3, -0.25) is 4.79 Å². The van der Waals surface area contributed by atoms with Crippen LogP contribution in [0.2, 0.25) is 0 Å². The summed E-state index contributed by atoms with van der Waals surface area (Å²) in [6.45, 7) is 0.720. The molecule has 1 aromatic rings. The van der Waals surface area contributed by atoms with Gasteiger partial charge in [-0.25, -0.2) is 4.39 Å². The molecule has 4 nitrogen and oxygen atoms in total. The Kier molecular flexibility index (Phi) is 4.73. The van der Waals surface area contributed by atoms with E-state index in [9.17, 15) is 9.18 Å². The van der Waals surface area contributed by atoms with Gasteiger partial charge in [-0.15, -0.1) is 0 Å². The Labute approximate surface area is 118 Å². The lowest BCUT2D eigenvalue weighted by atomic mass is 9.81. The Morgan fingerprint density at radius 2 is 2.25 bits per heavy atom. The molecule has 0 heterocycles. The van der Waals surface area contributed by atoms with Crippen molar-refractivity contribution >= 4 is 5.97 Å². The summed E-state index contributed by atoms with van der Waals surface area (Å²) in [5, 5.41) is 0. The number of methoxy groups -OCH3 is 1. The number of hydrogen-bond donors (Lipinski definition) is 1. The van der Waals surface area contributed by atoms with Gasteiger partial charge in [0.2, 0.25) is 0 Å². The smallest absolute Gasteiger partial charge is 0.319 e. The Balaban J connectivity index is 2.22. The average Bonchev–Trinajstić information content (AvgIpc) is 3.27. The van der Waals surface area contributed by atoms with E-state index in [4.69, 9.17) is 15.2 Å². The van der Waals surface area contributed by atoms with Crippen LogP contribution >= 0.6 is 0 Å². The van der Waals surface area contributed by atoms with E-state index in [1.807, 2.05) is 0 Å². The molecule has 1 aliphatic rings. The molecule has 1 fully saturated rings. The van der Waals surface area contributed by atoms with Gasteiger partial charge in [0.15, 0.2) is 0 Å². The molecule has 0 amide bonds. The van der Waals surface area contributed by atoms with E-state index in [1.165, 1.54) is 19.2 Å².